The van der Waals surface area contributed by atoms with Crippen LogP contribution in [0.5, 0.6) is 0 Å². The van der Waals surface area contributed by atoms with Crippen LogP contribution in [0.15, 0.2) is 30.3 Å². The Bertz CT molecular complexity index is 659. The first-order valence-electron chi connectivity index (χ1n) is 10.3. The molecule has 0 aliphatic carbocycles. The molecule has 30 heavy (non-hydrogen) atoms. The van der Waals surface area contributed by atoms with Gasteiger partial charge >= 0.3 is 19.7 Å². The molecule has 0 saturated heterocycles. The number of esters is 1. The van der Waals surface area contributed by atoms with Crippen molar-refractivity contribution in [2.45, 2.75) is 46.1 Å². The number of amides is 1. The second-order valence-corrected chi connectivity index (χ2v) is 8.77. The summed E-state index contributed by atoms with van der Waals surface area (Å²) in [5, 5.41) is 0. The molecule has 170 valence electrons. The number of carbonyl (C=O) groups excluding carboxylic acids is 2. The fourth-order valence-electron chi connectivity index (χ4n) is 2.76. The van der Waals surface area contributed by atoms with E-state index in [0.717, 1.165) is 12.0 Å². The van der Waals surface area contributed by atoms with E-state index in [0.29, 0.717) is 25.8 Å². The molecule has 0 aromatic heterocycles. The van der Waals surface area contributed by atoms with Crippen LogP contribution in [0.4, 0.5) is 4.79 Å². The van der Waals surface area contributed by atoms with E-state index in [4.69, 9.17) is 13.8 Å². The van der Waals surface area contributed by atoms with E-state index >= 15 is 0 Å². The molecule has 1 aromatic carbocycles. The van der Waals surface area contributed by atoms with Gasteiger partial charge in [-0.05, 0) is 32.3 Å². The second-order valence-electron chi connectivity index (χ2n) is 6.58. The highest BCUT2D eigenvalue weighted by Gasteiger charge is 2.26. The van der Waals surface area contributed by atoms with Gasteiger partial charge in [-0.3, -0.25) is 9.36 Å². The largest absolute Gasteiger partial charge is 0.469 e. The Hall–Kier alpha value is -1.89. The van der Waals surface area contributed by atoms with Crippen LogP contribution in [0.1, 0.15) is 45.1 Å². The fourth-order valence-corrected chi connectivity index (χ4v) is 4.36. The first kappa shape index (κ1) is 26.1. The van der Waals surface area contributed by atoms with Crippen LogP contribution in [-0.4, -0.2) is 56.5 Å². The van der Waals surface area contributed by atoms with Gasteiger partial charge in [0.1, 0.15) is 6.61 Å². The Labute approximate surface area is 179 Å². The first-order valence-corrected chi connectivity index (χ1v) is 12.1. The maximum atomic E-state index is 12.7. The Balaban J connectivity index is 2.63. The SMILES string of the molecule is CCOP(=O)(CCN(CCCCCC(=O)OC)C(=O)OCc1ccccc1)OCC. The monoisotopic (exact) mass is 443 g/mol. The zero-order valence-electron chi connectivity index (χ0n) is 18.2. The predicted octanol–water partition coefficient (Wildman–Crippen LogP) is 4.62. The van der Waals surface area contributed by atoms with Crippen molar-refractivity contribution in [3.63, 3.8) is 0 Å². The lowest BCUT2D eigenvalue weighted by Crippen LogP contribution is -2.35. The van der Waals surface area contributed by atoms with E-state index in [2.05, 4.69) is 4.74 Å². The Morgan fingerprint density at radius 2 is 1.63 bits per heavy atom. The van der Waals surface area contributed by atoms with Gasteiger partial charge in [-0.25, -0.2) is 4.79 Å². The molecule has 1 rings (SSSR count). The summed E-state index contributed by atoms with van der Waals surface area (Å²) in [7, 11) is -1.90. The van der Waals surface area contributed by atoms with E-state index in [9.17, 15) is 14.2 Å². The standard InChI is InChI=1S/C21H34NO7P/c1-4-28-30(25,29-5-2)17-16-22(15-11-7-10-14-20(23)26-3)21(24)27-18-19-12-8-6-9-13-19/h6,8-9,12-13H,4-5,7,10-11,14-18H2,1-3H3. The third-order valence-electron chi connectivity index (χ3n) is 4.30. The highest BCUT2D eigenvalue weighted by atomic mass is 31.2. The highest BCUT2D eigenvalue weighted by molar-refractivity contribution is 7.53. The van der Waals surface area contributed by atoms with E-state index < -0.39 is 13.7 Å². The number of hydrogen-bond donors (Lipinski definition) is 0. The normalized spacial score (nSPS) is 11.2. The van der Waals surface area contributed by atoms with Gasteiger partial charge in [-0.2, -0.15) is 0 Å². The summed E-state index contributed by atoms with van der Waals surface area (Å²) in [5.41, 5.74) is 0.887. The molecule has 0 unspecified atom stereocenters. The Morgan fingerprint density at radius 1 is 0.967 bits per heavy atom. The molecule has 8 nitrogen and oxygen atoms in total. The van der Waals surface area contributed by atoms with E-state index in [1.54, 1.807) is 13.8 Å². The van der Waals surface area contributed by atoms with Gasteiger partial charge < -0.3 is 23.4 Å². The van der Waals surface area contributed by atoms with Gasteiger partial charge in [-0.1, -0.05) is 36.8 Å². The fraction of sp³-hybridized carbons (Fsp3) is 0.619. The van der Waals surface area contributed by atoms with Crippen LogP contribution in [0, 0.1) is 0 Å². The number of methoxy groups -OCH3 is 1. The van der Waals surface area contributed by atoms with Gasteiger partial charge in [0, 0.05) is 19.5 Å². The van der Waals surface area contributed by atoms with Crippen molar-refractivity contribution in [2.75, 3.05) is 39.6 Å². The summed E-state index contributed by atoms with van der Waals surface area (Å²) in [6.07, 6.45) is 2.08. The number of hydrogen-bond acceptors (Lipinski definition) is 7. The number of ether oxygens (including phenoxy) is 2. The lowest BCUT2D eigenvalue weighted by atomic mass is 10.2. The topological polar surface area (TPSA) is 91.4 Å². The molecule has 0 saturated carbocycles. The average molecular weight is 443 g/mol. The second kappa shape index (κ2) is 15.0. The van der Waals surface area contributed by atoms with Crippen molar-refractivity contribution < 1.29 is 32.7 Å². The average Bonchev–Trinajstić information content (AvgIpc) is 2.74. The zero-order valence-corrected chi connectivity index (χ0v) is 19.1. The number of carbonyl (C=O) groups is 2. The number of unbranched alkanes of at least 4 members (excludes halogenated alkanes) is 2. The molecular weight excluding hydrogens is 409 g/mol. The molecule has 0 aliphatic heterocycles. The molecule has 1 amide bonds. The third kappa shape index (κ3) is 10.8. The summed E-state index contributed by atoms with van der Waals surface area (Å²) >= 11 is 0. The smallest absolute Gasteiger partial charge is 0.410 e. The summed E-state index contributed by atoms with van der Waals surface area (Å²) in [6, 6.07) is 9.40. The molecule has 9 heteroatoms. The first-order chi connectivity index (χ1) is 14.4. The van der Waals surface area contributed by atoms with Crippen LogP contribution in [0.3, 0.4) is 0 Å². The van der Waals surface area contributed by atoms with Gasteiger partial charge in [-0.15, -0.1) is 0 Å². The van der Waals surface area contributed by atoms with Gasteiger partial charge in [0.2, 0.25) is 0 Å². The van der Waals surface area contributed by atoms with Gasteiger partial charge in [0.15, 0.2) is 0 Å². The Morgan fingerprint density at radius 3 is 2.23 bits per heavy atom. The molecule has 0 atom stereocenters. The van der Waals surface area contributed by atoms with Crippen molar-refractivity contribution in [2.24, 2.45) is 0 Å². The zero-order chi connectivity index (χ0) is 22.2. The van der Waals surface area contributed by atoms with Crippen molar-refractivity contribution in [3.05, 3.63) is 35.9 Å². The van der Waals surface area contributed by atoms with Crippen LogP contribution in [0.2, 0.25) is 0 Å². The number of benzene rings is 1. The lowest BCUT2D eigenvalue weighted by Gasteiger charge is -2.24. The van der Waals surface area contributed by atoms with E-state index in [-0.39, 0.29) is 38.5 Å². The number of rotatable bonds is 15. The molecule has 0 heterocycles. The summed E-state index contributed by atoms with van der Waals surface area (Å²) in [5.74, 6) is -0.247. The molecule has 0 N–H and O–H groups in total. The molecule has 0 spiro atoms. The molecule has 0 aliphatic rings. The van der Waals surface area contributed by atoms with Crippen LogP contribution in [-0.2, 0) is 34.5 Å². The minimum absolute atomic E-state index is 0.0945. The summed E-state index contributed by atoms with van der Waals surface area (Å²) in [6.45, 7) is 4.81. The molecule has 1 aromatic rings. The van der Waals surface area contributed by atoms with E-state index in [1.165, 1.54) is 12.0 Å². The molecular formula is C21H34NO7P. The van der Waals surface area contributed by atoms with Crippen LogP contribution in [0.25, 0.3) is 0 Å². The lowest BCUT2D eigenvalue weighted by molar-refractivity contribution is -0.140. The highest BCUT2D eigenvalue weighted by Crippen LogP contribution is 2.47. The molecule has 0 radical (unpaired) electrons. The summed E-state index contributed by atoms with van der Waals surface area (Å²) in [4.78, 5) is 25.4. The third-order valence-corrected chi connectivity index (χ3v) is 6.35. The Kier molecular flexibility index (Phi) is 13.1. The van der Waals surface area contributed by atoms with Crippen LogP contribution < -0.4 is 0 Å². The minimum Gasteiger partial charge on any atom is -0.469 e. The van der Waals surface area contributed by atoms with E-state index in [1.807, 2.05) is 30.3 Å². The van der Waals surface area contributed by atoms with Crippen LogP contribution >= 0.6 is 7.60 Å². The van der Waals surface area contributed by atoms with Gasteiger partial charge in [0.05, 0.1) is 26.5 Å². The molecule has 0 fully saturated rings. The number of nitrogens with zero attached hydrogens (tertiary/aromatic N) is 1. The molecule has 0 bridgehead atoms. The minimum atomic E-state index is -3.26. The predicted molar refractivity (Wildman–Crippen MR) is 114 cm³/mol. The van der Waals surface area contributed by atoms with Crippen molar-refractivity contribution in [1.29, 1.82) is 0 Å². The maximum absolute atomic E-state index is 12.7. The maximum Gasteiger partial charge on any atom is 0.410 e. The van der Waals surface area contributed by atoms with Crippen molar-refractivity contribution >= 4 is 19.7 Å². The quantitative estimate of drug-likeness (QED) is 0.222. The summed E-state index contributed by atoms with van der Waals surface area (Å²) < 4.78 is 33.4. The van der Waals surface area contributed by atoms with Gasteiger partial charge in [0.25, 0.3) is 0 Å². The van der Waals surface area contributed by atoms with Crippen molar-refractivity contribution in [1.82, 2.24) is 4.90 Å². The van der Waals surface area contributed by atoms with Crippen molar-refractivity contribution in [3.8, 4) is 0 Å².